The largest absolute Gasteiger partial charge is 0.255 e. The molecule has 22 heavy (non-hydrogen) atoms. The second-order valence-electron chi connectivity index (χ2n) is 5.00. The van der Waals surface area contributed by atoms with Crippen LogP contribution in [0, 0.1) is 19.3 Å². The van der Waals surface area contributed by atoms with Gasteiger partial charge in [-0.1, -0.05) is 17.4 Å². The maximum atomic E-state index is 5.66. The number of aryl methyl sites for hydroxylation is 1. The summed E-state index contributed by atoms with van der Waals surface area (Å²) in [5.41, 5.74) is 5.82. The first-order valence-electron chi connectivity index (χ1n) is 6.78. The third-order valence-corrected chi connectivity index (χ3v) is 3.26. The van der Waals surface area contributed by atoms with E-state index in [-0.39, 0.29) is 0 Å². The number of hydrogen-bond acceptors (Lipinski definition) is 3. The normalized spacial score (nSPS) is 10.2. The van der Waals surface area contributed by atoms with E-state index >= 15 is 0 Å². The Morgan fingerprint density at radius 1 is 0.955 bits per heavy atom. The molecule has 4 heteroatoms. The molecule has 0 fully saturated rings. The van der Waals surface area contributed by atoms with Crippen molar-refractivity contribution in [2.24, 2.45) is 0 Å². The van der Waals surface area contributed by atoms with Gasteiger partial charge in [0.15, 0.2) is 0 Å². The smallest absolute Gasteiger partial charge is 0.116 e. The van der Waals surface area contributed by atoms with Crippen LogP contribution >= 0.6 is 0 Å². The molecule has 0 saturated heterocycles. The second kappa shape index (κ2) is 5.83. The minimum Gasteiger partial charge on any atom is -0.255 e. The maximum Gasteiger partial charge on any atom is 0.116 e. The van der Waals surface area contributed by atoms with Crippen LogP contribution in [-0.2, 0) is 0 Å². The van der Waals surface area contributed by atoms with Crippen molar-refractivity contribution in [2.75, 3.05) is 0 Å². The molecule has 2 radical (unpaired) electrons. The van der Waals surface area contributed by atoms with Crippen LogP contribution < -0.4 is 5.46 Å². The lowest BCUT2D eigenvalue weighted by Gasteiger charge is -2.06. The molecule has 0 bridgehead atoms. The average Bonchev–Trinajstić information content (AvgIpc) is 2.55. The summed E-state index contributed by atoms with van der Waals surface area (Å²) in [5.74, 6) is 2.66. The van der Waals surface area contributed by atoms with Crippen LogP contribution in [0.2, 0.25) is 0 Å². The van der Waals surface area contributed by atoms with E-state index in [1.807, 2.05) is 37.3 Å². The molecule has 0 unspecified atom stereocenters. The molecule has 0 N–H and O–H groups in total. The molecule has 0 amide bonds. The van der Waals surface area contributed by atoms with E-state index in [9.17, 15) is 0 Å². The summed E-state index contributed by atoms with van der Waals surface area (Å²) in [6.45, 7) is 2.01. The fraction of sp³-hybridized carbons (Fsp3) is 0.0556. The summed E-state index contributed by atoms with van der Waals surface area (Å²) in [4.78, 5) is 12.9. The van der Waals surface area contributed by atoms with Crippen LogP contribution in [0.15, 0.2) is 48.9 Å². The molecule has 0 aliphatic heterocycles. The highest BCUT2D eigenvalue weighted by Gasteiger charge is 2.06. The van der Waals surface area contributed by atoms with E-state index in [4.69, 9.17) is 14.3 Å². The van der Waals surface area contributed by atoms with Crippen LogP contribution in [-0.4, -0.2) is 22.8 Å². The Kier molecular flexibility index (Phi) is 3.72. The minimum absolute atomic E-state index is 0.621. The van der Waals surface area contributed by atoms with Crippen LogP contribution in [0.5, 0.6) is 0 Å². The number of nitrogens with zero attached hydrogens (tertiary/aromatic N) is 3. The Balaban J connectivity index is 2.06. The van der Waals surface area contributed by atoms with Gasteiger partial charge in [-0.3, -0.25) is 4.98 Å². The van der Waals surface area contributed by atoms with Crippen molar-refractivity contribution in [2.45, 2.75) is 6.92 Å². The summed E-state index contributed by atoms with van der Waals surface area (Å²) in [6, 6.07) is 11.5. The Morgan fingerprint density at radius 2 is 1.77 bits per heavy atom. The highest BCUT2D eigenvalue weighted by molar-refractivity contribution is 6.32. The van der Waals surface area contributed by atoms with Gasteiger partial charge in [0.05, 0.1) is 17.1 Å². The third kappa shape index (κ3) is 2.89. The Labute approximate surface area is 130 Å². The van der Waals surface area contributed by atoms with Gasteiger partial charge in [0.1, 0.15) is 14.2 Å². The number of benzene rings is 1. The number of terminal acetylenes is 1. The van der Waals surface area contributed by atoms with Gasteiger partial charge in [0, 0.05) is 17.3 Å². The number of aromatic nitrogens is 3. The SMILES string of the molecule is [B]c1ccc(-c2cc(-c3cc(C)cc(C#C)c3)ncn2)nc1. The van der Waals surface area contributed by atoms with E-state index in [0.717, 1.165) is 33.8 Å². The van der Waals surface area contributed by atoms with Gasteiger partial charge in [-0.25, -0.2) is 9.97 Å². The van der Waals surface area contributed by atoms with E-state index in [1.54, 1.807) is 12.3 Å². The van der Waals surface area contributed by atoms with Crippen LogP contribution in [0.4, 0.5) is 0 Å². The van der Waals surface area contributed by atoms with Gasteiger partial charge in [-0.2, -0.15) is 0 Å². The molecule has 0 saturated carbocycles. The van der Waals surface area contributed by atoms with Gasteiger partial charge in [0.2, 0.25) is 0 Å². The lowest BCUT2D eigenvalue weighted by Crippen LogP contribution is -2.02. The van der Waals surface area contributed by atoms with E-state index < -0.39 is 0 Å². The van der Waals surface area contributed by atoms with Gasteiger partial charge in [-0.15, -0.1) is 6.42 Å². The number of pyridine rings is 1. The summed E-state index contributed by atoms with van der Waals surface area (Å²) in [5, 5.41) is 0. The standard InChI is InChI=1S/C18H12BN3/c1-3-13-6-12(2)7-14(8-13)17-9-18(22-11-21-17)16-5-4-15(19)10-20-16/h1,4-11H,2H3. The monoisotopic (exact) mass is 281 g/mol. The molecular weight excluding hydrogens is 269 g/mol. The summed E-state index contributed by atoms with van der Waals surface area (Å²) >= 11 is 0. The first-order valence-corrected chi connectivity index (χ1v) is 6.78. The summed E-state index contributed by atoms with van der Waals surface area (Å²) in [6.07, 6.45) is 8.64. The maximum absolute atomic E-state index is 5.66. The molecule has 102 valence electrons. The second-order valence-corrected chi connectivity index (χ2v) is 5.00. The van der Waals surface area contributed by atoms with Crippen LogP contribution in [0.1, 0.15) is 11.1 Å². The number of rotatable bonds is 2. The Bertz CT molecular complexity index is 864. The number of hydrogen-bond donors (Lipinski definition) is 0. The molecule has 0 aliphatic carbocycles. The Morgan fingerprint density at radius 3 is 2.50 bits per heavy atom. The van der Waals surface area contributed by atoms with Crippen molar-refractivity contribution in [3.63, 3.8) is 0 Å². The molecular formula is C18H12BN3. The third-order valence-electron chi connectivity index (χ3n) is 3.26. The summed E-state index contributed by atoms with van der Waals surface area (Å²) in [7, 11) is 5.66. The molecule has 3 rings (SSSR count). The molecule has 3 aromatic rings. The van der Waals surface area contributed by atoms with Crippen molar-refractivity contribution in [3.05, 3.63) is 60.0 Å². The zero-order chi connectivity index (χ0) is 15.5. The lowest BCUT2D eigenvalue weighted by molar-refractivity contribution is 1.16. The highest BCUT2D eigenvalue weighted by Crippen LogP contribution is 2.23. The first-order chi connectivity index (χ1) is 10.7. The predicted molar refractivity (Wildman–Crippen MR) is 88.8 cm³/mol. The van der Waals surface area contributed by atoms with E-state index in [0.29, 0.717) is 5.46 Å². The van der Waals surface area contributed by atoms with Gasteiger partial charge < -0.3 is 0 Å². The van der Waals surface area contributed by atoms with Crippen molar-refractivity contribution in [3.8, 4) is 35.0 Å². The van der Waals surface area contributed by atoms with Crippen molar-refractivity contribution >= 4 is 13.3 Å². The zero-order valence-corrected chi connectivity index (χ0v) is 12.1. The van der Waals surface area contributed by atoms with Gasteiger partial charge in [-0.05, 0) is 42.8 Å². The fourth-order valence-corrected chi connectivity index (χ4v) is 2.23. The van der Waals surface area contributed by atoms with Crippen molar-refractivity contribution < 1.29 is 0 Å². The topological polar surface area (TPSA) is 38.7 Å². The van der Waals surface area contributed by atoms with Crippen molar-refractivity contribution in [1.29, 1.82) is 0 Å². The molecule has 2 heterocycles. The molecule has 0 atom stereocenters. The lowest BCUT2D eigenvalue weighted by atomic mass is 9.98. The highest BCUT2D eigenvalue weighted by atomic mass is 14.9. The predicted octanol–water partition coefficient (Wildman–Crippen LogP) is 2.29. The van der Waals surface area contributed by atoms with E-state index in [1.165, 1.54) is 6.33 Å². The molecule has 2 aromatic heterocycles. The quantitative estimate of drug-likeness (QED) is 0.534. The van der Waals surface area contributed by atoms with Gasteiger partial charge in [0.25, 0.3) is 0 Å². The Hall–Kier alpha value is -2.93. The molecule has 0 aliphatic rings. The molecule has 1 aromatic carbocycles. The first kappa shape index (κ1) is 14.0. The van der Waals surface area contributed by atoms with Gasteiger partial charge >= 0.3 is 0 Å². The minimum atomic E-state index is 0.621. The van der Waals surface area contributed by atoms with Crippen LogP contribution in [0.25, 0.3) is 22.6 Å². The fourth-order valence-electron chi connectivity index (χ4n) is 2.23. The summed E-state index contributed by atoms with van der Waals surface area (Å²) < 4.78 is 0. The van der Waals surface area contributed by atoms with Crippen LogP contribution in [0.3, 0.4) is 0 Å². The van der Waals surface area contributed by atoms with Crippen molar-refractivity contribution in [1.82, 2.24) is 15.0 Å². The van der Waals surface area contributed by atoms with E-state index in [2.05, 4.69) is 20.9 Å². The molecule has 3 nitrogen and oxygen atoms in total. The average molecular weight is 281 g/mol. The zero-order valence-electron chi connectivity index (χ0n) is 12.1. The molecule has 0 spiro atoms.